The second kappa shape index (κ2) is 6.21. The van der Waals surface area contributed by atoms with Crippen molar-refractivity contribution < 1.29 is 9.90 Å². The highest BCUT2D eigenvalue weighted by Gasteiger charge is 2.30. The van der Waals surface area contributed by atoms with E-state index in [-0.39, 0.29) is 24.1 Å². The molecule has 0 unspecified atom stereocenters. The van der Waals surface area contributed by atoms with Gasteiger partial charge in [-0.2, -0.15) is 0 Å². The number of nitrogens with two attached hydrogens (primary N) is 1. The predicted octanol–water partition coefficient (Wildman–Crippen LogP) is 0.925. The molecule has 16 heavy (non-hydrogen) atoms. The Kier molecular flexibility index (Phi) is 5.22. The maximum Gasteiger partial charge on any atom is 0.222 e. The van der Waals surface area contributed by atoms with E-state index in [0.29, 0.717) is 6.42 Å². The molecule has 0 spiro atoms. The molecule has 1 aliphatic rings. The molecule has 0 aromatic heterocycles. The molecule has 1 aliphatic carbocycles. The van der Waals surface area contributed by atoms with Gasteiger partial charge in [0.15, 0.2) is 0 Å². The van der Waals surface area contributed by atoms with Crippen molar-refractivity contribution in [2.75, 3.05) is 6.61 Å². The Hall–Kier alpha value is -0.610. The second-order valence-electron chi connectivity index (χ2n) is 4.96. The molecule has 1 fully saturated rings. The molecule has 1 atom stereocenters. The van der Waals surface area contributed by atoms with Crippen LogP contribution in [0.15, 0.2) is 0 Å². The maximum atomic E-state index is 11.7. The highest BCUT2D eigenvalue weighted by molar-refractivity contribution is 5.77. The van der Waals surface area contributed by atoms with E-state index in [0.717, 1.165) is 32.1 Å². The number of carbonyl (C=O) groups excluding carboxylic acids is 1. The zero-order chi connectivity index (χ0) is 12.0. The molecule has 0 bridgehead atoms. The summed E-state index contributed by atoms with van der Waals surface area (Å²) in [6.07, 6.45) is 6.51. The van der Waals surface area contributed by atoms with Crippen molar-refractivity contribution >= 4 is 5.91 Å². The van der Waals surface area contributed by atoms with Crippen LogP contribution in [0.25, 0.3) is 0 Å². The number of nitrogens with one attached hydrogen (secondary N) is 1. The Balaban J connectivity index is 2.37. The van der Waals surface area contributed by atoms with E-state index in [2.05, 4.69) is 5.32 Å². The van der Waals surface area contributed by atoms with Gasteiger partial charge in [-0.05, 0) is 19.3 Å². The van der Waals surface area contributed by atoms with Gasteiger partial charge < -0.3 is 16.2 Å². The molecule has 4 heteroatoms. The van der Waals surface area contributed by atoms with Crippen LogP contribution in [0.5, 0.6) is 0 Å². The predicted molar refractivity (Wildman–Crippen MR) is 63.9 cm³/mol. The lowest BCUT2D eigenvalue weighted by Crippen LogP contribution is -2.48. The lowest BCUT2D eigenvalue weighted by Gasteiger charge is -2.33. The topological polar surface area (TPSA) is 75.3 Å². The minimum absolute atomic E-state index is 0.000187. The van der Waals surface area contributed by atoms with Crippen LogP contribution in [-0.4, -0.2) is 29.2 Å². The Morgan fingerprint density at radius 3 is 2.56 bits per heavy atom. The summed E-state index contributed by atoms with van der Waals surface area (Å²) >= 11 is 0. The van der Waals surface area contributed by atoms with Gasteiger partial charge in [0.1, 0.15) is 0 Å². The Labute approximate surface area is 97.6 Å². The van der Waals surface area contributed by atoms with Gasteiger partial charge in [-0.3, -0.25) is 4.79 Å². The standard InChI is InChI=1S/C12H24N2O2/c1-2-10(9-15)14-11(16)8-12(13)6-4-3-5-7-12/h10,15H,2-9,13H2,1H3,(H,14,16)/t10-/m1/s1. The van der Waals surface area contributed by atoms with Gasteiger partial charge in [-0.15, -0.1) is 0 Å². The van der Waals surface area contributed by atoms with Gasteiger partial charge in [0.25, 0.3) is 0 Å². The zero-order valence-electron chi connectivity index (χ0n) is 10.2. The van der Waals surface area contributed by atoms with E-state index in [1.54, 1.807) is 0 Å². The highest BCUT2D eigenvalue weighted by atomic mass is 16.3. The lowest BCUT2D eigenvalue weighted by atomic mass is 9.80. The van der Waals surface area contributed by atoms with Crippen LogP contribution < -0.4 is 11.1 Å². The van der Waals surface area contributed by atoms with Crippen LogP contribution in [0.3, 0.4) is 0 Å². The van der Waals surface area contributed by atoms with Gasteiger partial charge in [0.2, 0.25) is 5.91 Å². The number of carbonyl (C=O) groups is 1. The van der Waals surface area contributed by atoms with Crippen LogP contribution in [0, 0.1) is 0 Å². The van der Waals surface area contributed by atoms with Gasteiger partial charge in [-0.1, -0.05) is 26.2 Å². The van der Waals surface area contributed by atoms with Crippen molar-refractivity contribution in [3.8, 4) is 0 Å². The normalized spacial score (nSPS) is 21.4. The van der Waals surface area contributed by atoms with E-state index in [1.807, 2.05) is 6.92 Å². The SMILES string of the molecule is CC[C@H](CO)NC(=O)CC1(N)CCCCC1. The van der Waals surface area contributed by atoms with Crippen LogP contribution in [0.4, 0.5) is 0 Å². The molecule has 1 amide bonds. The highest BCUT2D eigenvalue weighted by Crippen LogP contribution is 2.28. The van der Waals surface area contributed by atoms with Crippen molar-refractivity contribution in [3.05, 3.63) is 0 Å². The van der Waals surface area contributed by atoms with Crippen molar-refractivity contribution in [2.45, 2.75) is 63.5 Å². The zero-order valence-corrected chi connectivity index (χ0v) is 10.2. The van der Waals surface area contributed by atoms with E-state index in [4.69, 9.17) is 10.8 Å². The quantitative estimate of drug-likeness (QED) is 0.655. The number of rotatable bonds is 5. The molecular weight excluding hydrogens is 204 g/mol. The third-order valence-corrected chi connectivity index (χ3v) is 3.44. The molecule has 0 aromatic carbocycles. The summed E-state index contributed by atoms with van der Waals surface area (Å²) in [5.41, 5.74) is 5.89. The first-order valence-corrected chi connectivity index (χ1v) is 6.29. The fraction of sp³-hybridized carbons (Fsp3) is 0.917. The third kappa shape index (κ3) is 4.10. The summed E-state index contributed by atoms with van der Waals surface area (Å²) in [7, 11) is 0. The summed E-state index contributed by atoms with van der Waals surface area (Å²) in [5.74, 6) is -0.0229. The van der Waals surface area contributed by atoms with E-state index >= 15 is 0 Å². The Morgan fingerprint density at radius 1 is 1.44 bits per heavy atom. The summed E-state index contributed by atoms with van der Waals surface area (Å²) in [4.78, 5) is 11.7. The number of hydrogen-bond acceptors (Lipinski definition) is 3. The molecule has 94 valence electrons. The van der Waals surface area contributed by atoms with Crippen LogP contribution in [0.1, 0.15) is 51.9 Å². The largest absolute Gasteiger partial charge is 0.394 e. The number of amides is 1. The number of hydrogen-bond donors (Lipinski definition) is 3. The van der Waals surface area contributed by atoms with Crippen LogP contribution >= 0.6 is 0 Å². The van der Waals surface area contributed by atoms with E-state index in [1.165, 1.54) is 6.42 Å². The van der Waals surface area contributed by atoms with Crippen molar-refractivity contribution in [1.29, 1.82) is 0 Å². The first-order chi connectivity index (χ1) is 7.59. The summed E-state index contributed by atoms with van der Waals surface area (Å²) in [6.45, 7) is 1.94. The van der Waals surface area contributed by atoms with Gasteiger partial charge >= 0.3 is 0 Å². The smallest absolute Gasteiger partial charge is 0.222 e. The molecule has 1 rings (SSSR count). The summed E-state index contributed by atoms with van der Waals surface area (Å²) < 4.78 is 0. The van der Waals surface area contributed by atoms with E-state index < -0.39 is 0 Å². The average molecular weight is 228 g/mol. The summed E-state index contributed by atoms with van der Waals surface area (Å²) in [6, 6.07) is -0.125. The Morgan fingerprint density at radius 2 is 2.06 bits per heavy atom. The monoisotopic (exact) mass is 228 g/mol. The maximum absolute atomic E-state index is 11.7. The fourth-order valence-electron chi connectivity index (χ4n) is 2.31. The molecule has 4 N–H and O–H groups in total. The van der Waals surface area contributed by atoms with Gasteiger partial charge in [0, 0.05) is 12.0 Å². The van der Waals surface area contributed by atoms with Crippen molar-refractivity contribution in [1.82, 2.24) is 5.32 Å². The average Bonchev–Trinajstić information content (AvgIpc) is 2.26. The first-order valence-electron chi connectivity index (χ1n) is 6.29. The number of aliphatic hydroxyl groups excluding tert-OH is 1. The minimum Gasteiger partial charge on any atom is -0.394 e. The van der Waals surface area contributed by atoms with Gasteiger partial charge in [0.05, 0.1) is 12.6 Å². The molecule has 0 aromatic rings. The number of aliphatic hydroxyl groups is 1. The molecule has 4 nitrogen and oxygen atoms in total. The molecule has 1 saturated carbocycles. The van der Waals surface area contributed by atoms with E-state index in [9.17, 15) is 4.79 Å². The lowest BCUT2D eigenvalue weighted by molar-refractivity contribution is -0.123. The molecular formula is C12H24N2O2. The minimum atomic E-state index is -0.309. The van der Waals surface area contributed by atoms with Crippen LogP contribution in [-0.2, 0) is 4.79 Å². The second-order valence-corrected chi connectivity index (χ2v) is 4.96. The summed E-state index contributed by atoms with van der Waals surface area (Å²) in [5, 5.41) is 11.8. The Bertz CT molecular complexity index is 221. The van der Waals surface area contributed by atoms with Crippen molar-refractivity contribution in [2.24, 2.45) is 5.73 Å². The molecule has 0 saturated heterocycles. The molecule has 0 aliphatic heterocycles. The first kappa shape index (κ1) is 13.5. The van der Waals surface area contributed by atoms with Gasteiger partial charge in [-0.25, -0.2) is 0 Å². The third-order valence-electron chi connectivity index (χ3n) is 3.44. The molecule has 0 radical (unpaired) electrons. The molecule has 0 heterocycles. The fourth-order valence-corrected chi connectivity index (χ4v) is 2.31. The van der Waals surface area contributed by atoms with Crippen LogP contribution in [0.2, 0.25) is 0 Å². The van der Waals surface area contributed by atoms with Crippen molar-refractivity contribution in [3.63, 3.8) is 0 Å².